The quantitative estimate of drug-likeness (QED) is 0.0540. The third-order valence-electron chi connectivity index (χ3n) is 7.90. The third kappa shape index (κ3) is 23.3. The van der Waals surface area contributed by atoms with Crippen LogP contribution in [0.3, 0.4) is 0 Å². The molecule has 0 amide bonds. The summed E-state index contributed by atoms with van der Waals surface area (Å²) >= 11 is 0. The fourth-order valence-corrected chi connectivity index (χ4v) is 4.98. The molecule has 0 saturated heterocycles. The average molecular weight is 676 g/mol. The van der Waals surface area contributed by atoms with Crippen molar-refractivity contribution in [1.29, 1.82) is 0 Å². The normalized spacial score (nSPS) is 12.2. The Kier molecular flexibility index (Phi) is 26.9. The van der Waals surface area contributed by atoms with E-state index in [9.17, 15) is 14.7 Å². The number of allylic oxidation sites excluding steroid dienone is 12. The van der Waals surface area contributed by atoms with Crippen molar-refractivity contribution in [3.8, 4) is 17.2 Å². The number of hydrogen-bond acceptors (Lipinski definition) is 6. The molecule has 0 saturated carbocycles. The van der Waals surface area contributed by atoms with Gasteiger partial charge in [-0.3, -0.25) is 14.6 Å². The Morgan fingerprint density at radius 2 is 0.857 bits per heavy atom. The van der Waals surface area contributed by atoms with Gasteiger partial charge in [0.1, 0.15) is 0 Å². The highest BCUT2D eigenvalue weighted by molar-refractivity contribution is 5.78. The fraction of sp³-hybridized carbons (Fsp3) is 0.558. The van der Waals surface area contributed by atoms with Crippen molar-refractivity contribution in [3.05, 3.63) is 84.3 Å². The van der Waals surface area contributed by atoms with Gasteiger partial charge < -0.3 is 14.6 Å². The van der Waals surface area contributed by atoms with Crippen LogP contribution >= 0.6 is 0 Å². The summed E-state index contributed by atoms with van der Waals surface area (Å²) in [5.74, 6) is -1.33. The number of carbonyl (C=O) groups is 2. The van der Waals surface area contributed by atoms with E-state index in [0.29, 0.717) is 24.2 Å². The minimum atomic E-state index is -0.479. The minimum Gasteiger partial charge on any atom is -0.503 e. The van der Waals surface area contributed by atoms with Crippen LogP contribution in [0.1, 0.15) is 154 Å². The lowest BCUT2D eigenvalue weighted by Gasteiger charge is -2.15. The molecule has 272 valence electrons. The second-order valence-corrected chi connectivity index (χ2v) is 12.5. The number of aromatic nitrogens is 1. The van der Waals surface area contributed by atoms with Crippen LogP contribution in [0.5, 0.6) is 17.2 Å². The van der Waals surface area contributed by atoms with Crippen molar-refractivity contribution in [1.82, 2.24) is 4.98 Å². The van der Waals surface area contributed by atoms with Crippen molar-refractivity contribution in [2.75, 3.05) is 0 Å². The maximum atomic E-state index is 12.6. The van der Waals surface area contributed by atoms with Gasteiger partial charge in [0.2, 0.25) is 5.75 Å². The SMILES string of the molecule is CCCCCC=CCC=CCC=CCCCCC(=O)Oc1c(C)nc(C)c(O)c1OC(=O)CCCCC=CCC=CCC=CCCCCC. The first-order chi connectivity index (χ1) is 23.9. The Morgan fingerprint density at radius 3 is 1.24 bits per heavy atom. The Morgan fingerprint density at radius 1 is 0.510 bits per heavy atom. The second-order valence-electron chi connectivity index (χ2n) is 12.5. The first-order valence-electron chi connectivity index (χ1n) is 18.9. The summed E-state index contributed by atoms with van der Waals surface area (Å²) in [5, 5.41) is 10.6. The zero-order valence-corrected chi connectivity index (χ0v) is 31.1. The van der Waals surface area contributed by atoms with E-state index in [4.69, 9.17) is 9.47 Å². The molecule has 0 aliphatic rings. The topological polar surface area (TPSA) is 85.7 Å². The summed E-state index contributed by atoms with van der Waals surface area (Å²) in [6.45, 7) is 7.74. The van der Waals surface area contributed by atoms with Gasteiger partial charge in [-0.2, -0.15) is 0 Å². The molecule has 6 heteroatoms. The van der Waals surface area contributed by atoms with E-state index in [0.717, 1.165) is 51.4 Å². The van der Waals surface area contributed by atoms with Gasteiger partial charge in [0.25, 0.3) is 0 Å². The van der Waals surface area contributed by atoms with Crippen molar-refractivity contribution in [3.63, 3.8) is 0 Å². The fourth-order valence-electron chi connectivity index (χ4n) is 4.98. The monoisotopic (exact) mass is 675 g/mol. The second kappa shape index (κ2) is 30.4. The zero-order valence-electron chi connectivity index (χ0n) is 31.1. The lowest BCUT2D eigenvalue weighted by molar-refractivity contribution is -0.137. The van der Waals surface area contributed by atoms with Crippen LogP contribution in [0.4, 0.5) is 0 Å². The first kappa shape index (κ1) is 43.4. The number of nitrogens with zero attached hydrogens (tertiary/aromatic N) is 1. The molecule has 6 nitrogen and oxygen atoms in total. The molecule has 0 aliphatic heterocycles. The molecule has 1 N–H and O–H groups in total. The molecule has 1 rings (SSSR count). The van der Waals surface area contributed by atoms with E-state index in [1.165, 1.54) is 51.4 Å². The Hall–Kier alpha value is -3.67. The van der Waals surface area contributed by atoms with Crippen LogP contribution in [0.25, 0.3) is 0 Å². The van der Waals surface area contributed by atoms with Crippen LogP contribution in [-0.4, -0.2) is 22.0 Å². The number of rotatable bonds is 28. The molecular formula is C43H65NO5. The predicted octanol–water partition coefficient (Wildman–Crippen LogP) is 12.4. The van der Waals surface area contributed by atoms with Crippen LogP contribution in [0, 0.1) is 13.8 Å². The molecule has 1 heterocycles. The lowest BCUT2D eigenvalue weighted by Crippen LogP contribution is -2.14. The van der Waals surface area contributed by atoms with Gasteiger partial charge in [0, 0.05) is 12.8 Å². The highest BCUT2D eigenvalue weighted by atomic mass is 16.6. The van der Waals surface area contributed by atoms with Gasteiger partial charge in [0.05, 0.1) is 11.4 Å². The van der Waals surface area contributed by atoms with E-state index in [1.54, 1.807) is 13.8 Å². The summed E-state index contributed by atoms with van der Waals surface area (Å²) in [6.07, 6.45) is 45.3. The van der Waals surface area contributed by atoms with Crippen LogP contribution < -0.4 is 9.47 Å². The van der Waals surface area contributed by atoms with Gasteiger partial charge in [-0.1, -0.05) is 112 Å². The van der Waals surface area contributed by atoms with Gasteiger partial charge in [-0.25, -0.2) is 0 Å². The van der Waals surface area contributed by atoms with Crippen molar-refractivity contribution in [2.24, 2.45) is 0 Å². The molecule has 0 aliphatic carbocycles. The summed E-state index contributed by atoms with van der Waals surface area (Å²) in [5.41, 5.74) is 0.694. The van der Waals surface area contributed by atoms with E-state index in [2.05, 4.69) is 91.7 Å². The van der Waals surface area contributed by atoms with Gasteiger partial charge in [-0.05, 0) is 104 Å². The standard InChI is InChI=1S/C43H65NO5/c1-5-7-9-11-13-15-17-19-21-23-25-27-29-31-33-35-39(45)48-42-38(4)44-37(3)41(47)43(42)49-40(46)36-34-32-30-28-26-24-22-20-18-16-14-12-10-8-6-2/h13-16,19-22,25-28,47H,5-12,17-18,23-24,29-36H2,1-4H3. The number of pyridine rings is 1. The number of carbonyl (C=O) groups excluding carboxylic acids is 2. The highest BCUT2D eigenvalue weighted by Crippen LogP contribution is 2.40. The molecule has 0 unspecified atom stereocenters. The maximum absolute atomic E-state index is 12.6. The average Bonchev–Trinajstić information content (AvgIpc) is 3.08. The van der Waals surface area contributed by atoms with Gasteiger partial charge >= 0.3 is 11.9 Å². The summed E-state index contributed by atoms with van der Waals surface area (Å²) in [4.78, 5) is 29.6. The van der Waals surface area contributed by atoms with Crippen molar-refractivity contribution < 1.29 is 24.2 Å². The van der Waals surface area contributed by atoms with Gasteiger partial charge in [-0.15, -0.1) is 0 Å². The van der Waals surface area contributed by atoms with Crippen molar-refractivity contribution >= 4 is 11.9 Å². The highest BCUT2D eigenvalue weighted by Gasteiger charge is 2.23. The molecular weight excluding hydrogens is 610 g/mol. The number of hydrogen-bond donors (Lipinski definition) is 1. The Balaban J connectivity index is 2.36. The Labute approximate surface area is 298 Å². The summed E-state index contributed by atoms with van der Waals surface area (Å²) in [7, 11) is 0. The molecule has 0 bridgehead atoms. The number of unbranched alkanes of at least 4 members (excludes halogenated alkanes) is 10. The van der Waals surface area contributed by atoms with E-state index < -0.39 is 11.9 Å². The molecule has 49 heavy (non-hydrogen) atoms. The van der Waals surface area contributed by atoms with E-state index in [1.807, 2.05) is 0 Å². The number of esters is 2. The molecule has 1 aromatic rings. The lowest BCUT2D eigenvalue weighted by atomic mass is 10.1. The molecule has 1 aromatic heterocycles. The van der Waals surface area contributed by atoms with E-state index in [-0.39, 0.29) is 30.1 Å². The molecule has 0 atom stereocenters. The number of ether oxygens (including phenoxy) is 2. The van der Waals surface area contributed by atoms with Crippen LogP contribution in [0.15, 0.2) is 72.9 Å². The van der Waals surface area contributed by atoms with E-state index >= 15 is 0 Å². The summed E-state index contributed by atoms with van der Waals surface area (Å²) < 4.78 is 11.1. The Bertz CT molecular complexity index is 1220. The predicted molar refractivity (Wildman–Crippen MR) is 205 cm³/mol. The van der Waals surface area contributed by atoms with Gasteiger partial charge in [0.15, 0.2) is 11.5 Å². The molecule has 0 radical (unpaired) electrons. The van der Waals surface area contributed by atoms with Crippen LogP contribution in [-0.2, 0) is 9.59 Å². The minimum absolute atomic E-state index is 0.00640. The zero-order chi connectivity index (χ0) is 35.8. The third-order valence-corrected chi connectivity index (χ3v) is 7.90. The first-order valence-corrected chi connectivity index (χ1v) is 18.9. The van der Waals surface area contributed by atoms with Crippen LogP contribution in [0.2, 0.25) is 0 Å². The van der Waals surface area contributed by atoms with Crippen molar-refractivity contribution in [2.45, 2.75) is 156 Å². The summed E-state index contributed by atoms with van der Waals surface area (Å²) in [6, 6.07) is 0. The smallest absolute Gasteiger partial charge is 0.311 e. The molecule has 0 aromatic carbocycles. The molecule has 0 spiro atoms. The number of aryl methyl sites for hydroxylation is 2. The largest absolute Gasteiger partial charge is 0.503 e. The maximum Gasteiger partial charge on any atom is 0.311 e. The molecule has 0 fully saturated rings. The number of aromatic hydroxyl groups is 1.